The van der Waals surface area contributed by atoms with E-state index in [1.165, 1.54) is 0 Å². The van der Waals surface area contributed by atoms with Gasteiger partial charge in [-0.05, 0) is 34.9 Å². The summed E-state index contributed by atoms with van der Waals surface area (Å²) in [6.07, 6.45) is 1.61. The van der Waals surface area contributed by atoms with Crippen LogP contribution in [-0.2, 0) is 4.76 Å². The minimum absolute atomic E-state index is 0.729. The van der Waals surface area contributed by atoms with Gasteiger partial charge < -0.3 is 14.5 Å². The van der Waals surface area contributed by atoms with E-state index in [4.69, 9.17) is 9.49 Å². The van der Waals surface area contributed by atoms with Crippen LogP contribution in [0.4, 0.5) is 0 Å². The second-order valence-electron chi connectivity index (χ2n) is 4.26. The zero-order valence-electron chi connectivity index (χ0n) is 10.4. The first kappa shape index (κ1) is 11.8. The van der Waals surface area contributed by atoms with Gasteiger partial charge in [0.1, 0.15) is 5.75 Å². The van der Waals surface area contributed by atoms with Crippen LogP contribution >= 0.6 is 0 Å². The van der Waals surface area contributed by atoms with Crippen LogP contribution in [0.15, 0.2) is 47.6 Å². The van der Waals surface area contributed by atoms with Gasteiger partial charge in [0.2, 0.25) is 0 Å². The fraction of sp³-hybridized carbons (Fsp3) is 0.0714. The second kappa shape index (κ2) is 4.78. The number of rotatable bonds is 2. The van der Waals surface area contributed by atoms with E-state index in [9.17, 15) is 5.02 Å². The minimum Gasteiger partial charge on any atom is -0.497 e. The molecule has 0 aromatic heterocycles. The molecule has 0 bridgehead atoms. The molecule has 1 heterocycles. The highest BCUT2D eigenvalue weighted by Gasteiger charge is 2.24. The van der Waals surface area contributed by atoms with Crippen molar-refractivity contribution in [2.24, 2.45) is 5.16 Å². The van der Waals surface area contributed by atoms with Gasteiger partial charge in [-0.1, -0.05) is 24.3 Å². The number of hydrogen-bond acceptors (Lipinski definition) is 4. The molecule has 4 nitrogen and oxygen atoms in total. The molecule has 1 N–H and O–H groups in total. The van der Waals surface area contributed by atoms with Gasteiger partial charge in [-0.3, -0.25) is 0 Å². The average Bonchev–Trinajstić information content (AvgIpc) is 2.47. The lowest BCUT2D eigenvalue weighted by atomic mass is 9.75. The lowest BCUT2D eigenvalue weighted by molar-refractivity contribution is 0.286. The molecule has 94 valence electrons. The van der Waals surface area contributed by atoms with Gasteiger partial charge in [-0.15, -0.1) is 5.16 Å². The van der Waals surface area contributed by atoms with Crippen molar-refractivity contribution in [3.05, 3.63) is 48.0 Å². The Bertz CT molecular complexity index is 625. The molecule has 3 rings (SSSR count). The maximum Gasteiger partial charge on any atom is 0.583 e. The summed E-state index contributed by atoms with van der Waals surface area (Å²) in [5, 5.41) is 13.3. The molecule has 0 atom stereocenters. The number of fused-ring (bicyclic) bond motifs is 1. The molecular weight excluding hydrogens is 241 g/mol. The Labute approximate surface area is 111 Å². The second-order valence-corrected chi connectivity index (χ2v) is 4.26. The van der Waals surface area contributed by atoms with Crippen molar-refractivity contribution in [2.75, 3.05) is 7.11 Å². The van der Waals surface area contributed by atoms with Gasteiger partial charge >= 0.3 is 7.12 Å². The largest absolute Gasteiger partial charge is 0.583 e. The summed E-state index contributed by atoms with van der Waals surface area (Å²) in [4.78, 5) is 0. The van der Waals surface area contributed by atoms with Crippen molar-refractivity contribution >= 4 is 18.8 Å². The van der Waals surface area contributed by atoms with Crippen molar-refractivity contribution in [1.82, 2.24) is 0 Å². The number of nitrogens with zero attached hydrogens (tertiary/aromatic N) is 1. The van der Waals surface area contributed by atoms with Crippen molar-refractivity contribution < 1.29 is 14.5 Å². The standard InChI is InChI=1S/C14H12BNO3/c1-18-13-5-2-10(3-6-13)11-4-7-14-12(8-11)9-16-19-15(14)17/h2-9,17H,1H3. The van der Waals surface area contributed by atoms with Crippen LogP contribution in [0.2, 0.25) is 0 Å². The predicted octanol–water partition coefficient (Wildman–Crippen LogP) is 1.41. The number of methoxy groups -OCH3 is 1. The average molecular weight is 253 g/mol. The number of benzene rings is 2. The Morgan fingerprint density at radius 3 is 2.58 bits per heavy atom. The van der Waals surface area contributed by atoms with E-state index >= 15 is 0 Å². The maximum atomic E-state index is 9.64. The highest BCUT2D eigenvalue weighted by atomic mass is 16.6. The molecule has 1 aliphatic rings. The van der Waals surface area contributed by atoms with Gasteiger partial charge in [0.05, 0.1) is 13.3 Å². The molecule has 2 aromatic rings. The molecular formula is C14H12BNO3. The fourth-order valence-electron chi connectivity index (χ4n) is 2.08. The third kappa shape index (κ3) is 2.20. The minimum atomic E-state index is -0.982. The fourth-order valence-corrected chi connectivity index (χ4v) is 2.08. The van der Waals surface area contributed by atoms with Gasteiger partial charge in [0.25, 0.3) is 0 Å². The van der Waals surface area contributed by atoms with Crippen LogP contribution in [0.25, 0.3) is 11.1 Å². The van der Waals surface area contributed by atoms with E-state index in [1.54, 1.807) is 13.3 Å². The highest BCUT2D eigenvalue weighted by Crippen LogP contribution is 2.23. The number of hydrogen-bond donors (Lipinski definition) is 1. The Kier molecular flexibility index (Phi) is 2.97. The molecule has 1 aliphatic heterocycles. The summed E-state index contributed by atoms with van der Waals surface area (Å²) in [5.41, 5.74) is 3.74. The summed E-state index contributed by atoms with van der Waals surface area (Å²) in [5.74, 6) is 0.826. The zero-order valence-corrected chi connectivity index (χ0v) is 10.4. The van der Waals surface area contributed by atoms with E-state index in [-0.39, 0.29) is 0 Å². The Hall–Kier alpha value is -2.27. The zero-order chi connectivity index (χ0) is 13.2. The number of ether oxygens (including phenoxy) is 1. The molecule has 5 heteroatoms. The summed E-state index contributed by atoms with van der Waals surface area (Å²) in [7, 11) is 0.663. The normalized spacial score (nSPS) is 12.8. The molecule has 0 radical (unpaired) electrons. The van der Waals surface area contributed by atoms with Crippen LogP contribution in [-0.4, -0.2) is 25.5 Å². The summed E-state index contributed by atoms with van der Waals surface area (Å²) in [6, 6.07) is 13.6. The van der Waals surface area contributed by atoms with E-state index in [0.717, 1.165) is 27.9 Å². The number of oxime groups is 1. The molecule has 0 amide bonds. The lowest BCUT2D eigenvalue weighted by Crippen LogP contribution is -2.37. The van der Waals surface area contributed by atoms with E-state index in [1.807, 2.05) is 42.5 Å². The van der Waals surface area contributed by atoms with Crippen molar-refractivity contribution in [2.45, 2.75) is 0 Å². The Morgan fingerprint density at radius 1 is 1.11 bits per heavy atom. The smallest absolute Gasteiger partial charge is 0.497 e. The van der Waals surface area contributed by atoms with E-state index < -0.39 is 7.12 Å². The molecule has 2 aromatic carbocycles. The predicted molar refractivity (Wildman–Crippen MR) is 74.7 cm³/mol. The third-order valence-corrected chi connectivity index (χ3v) is 3.13. The van der Waals surface area contributed by atoms with Crippen LogP contribution in [0, 0.1) is 0 Å². The summed E-state index contributed by atoms with van der Waals surface area (Å²) >= 11 is 0. The quantitative estimate of drug-likeness (QED) is 0.823. The van der Waals surface area contributed by atoms with Crippen molar-refractivity contribution in [3.63, 3.8) is 0 Å². The lowest BCUT2D eigenvalue weighted by Gasteiger charge is -2.13. The first-order chi connectivity index (χ1) is 9.28. The van der Waals surface area contributed by atoms with Gasteiger partial charge in [-0.25, -0.2) is 0 Å². The van der Waals surface area contributed by atoms with Crippen LogP contribution in [0.5, 0.6) is 5.75 Å². The molecule has 0 unspecified atom stereocenters. The molecule has 0 aliphatic carbocycles. The van der Waals surface area contributed by atoms with Crippen molar-refractivity contribution in [1.29, 1.82) is 0 Å². The Balaban J connectivity index is 2.00. The molecule has 0 spiro atoms. The molecule has 19 heavy (non-hydrogen) atoms. The van der Waals surface area contributed by atoms with Gasteiger partial charge in [0.15, 0.2) is 0 Å². The Morgan fingerprint density at radius 2 is 1.84 bits per heavy atom. The van der Waals surface area contributed by atoms with Crippen LogP contribution < -0.4 is 10.2 Å². The van der Waals surface area contributed by atoms with Gasteiger partial charge in [-0.2, -0.15) is 0 Å². The van der Waals surface area contributed by atoms with Gasteiger partial charge in [0, 0.05) is 5.46 Å². The monoisotopic (exact) mass is 253 g/mol. The van der Waals surface area contributed by atoms with E-state index in [2.05, 4.69) is 5.16 Å². The highest BCUT2D eigenvalue weighted by molar-refractivity contribution is 6.62. The maximum absolute atomic E-state index is 9.64. The first-order valence-electron chi connectivity index (χ1n) is 5.93. The van der Waals surface area contributed by atoms with Crippen LogP contribution in [0.3, 0.4) is 0 Å². The van der Waals surface area contributed by atoms with E-state index in [0.29, 0.717) is 0 Å². The molecule has 0 fully saturated rings. The third-order valence-electron chi connectivity index (χ3n) is 3.13. The van der Waals surface area contributed by atoms with Crippen LogP contribution in [0.1, 0.15) is 5.56 Å². The van der Waals surface area contributed by atoms with Crippen molar-refractivity contribution in [3.8, 4) is 16.9 Å². The first-order valence-corrected chi connectivity index (χ1v) is 5.93. The summed E-state index contributed by atoms with van der Waals surface area (Å²) < 4.78 is 9.93. The molecule has 0 saturated carbocycles. The topological polar surface area (TPSA) is 51.0 Å². The molecule has 0 saturated heterocycles. The summed E-state index contributed by atoms with van der Waals surface area (Å²) in [6.45, 7) is 0. The SMILES string of the molecule is COc1ccc(-c2ccc3c(c2)C=NOB3O)cc1.